The molecule has 3 aliphatic rings. The molecule has 0 bridgehead atoms. The first-order chi connectivity index (χ1) is 22.7. The smallest absolute Gasteiger partial charge is 0.257 e. The van der Waals surface area contributed by atoms with Crippen molar-refractivity contribution in [2.45, 2.75) is 64.3 Å². The van der Waals surface area contributed by atoms with Gasteiger partial charge >= 0.3 is 0 Å². The summed E-state index contributed by atoms with van der Waals surface area (Å²) in [6.07, 6.45) is 5.78. The Bertz CT molecular complexity index is 1520. The first-order valence-electron chi connectivity index (χ1n) is 16.8. The minimum absolute atomic E-state index is 0.0197. The summed E-state index contributed by atoms with van der Waals surface area (Å²) >= 11 is 0. The van der Waals surface area contributed by atoms with Crippen molar-refractivity contribution in [3.05, 3.63) is 42.1 Å². The first kappa shape index (κ1) is 36.3. The van der Waals surface area contributed by atoms with Crippen LogP contribution in [0.1, 0.15) is 56.8 Å². The van der Waals surface area contributed by atoms with Gasteiger partial charge in [0.25, 0.3) is 5.91 Å². The molecule has 15 heteroatoms. The topological polar surface area (TPSA) is 141 Å². The Morgan fingerprint density at radius 1 is 1.21 bits per heavy atom. The largest absolute Gasteiger partial charge is 0.451 e. The summed E-state index contributed by atoms with van der Waals surface area (Å²) < 4.78 is 53.8. The molecular weight excluding hydrogens is 641 g/mol. The molecule has 0 saturated carbocycles. The lowest BCUT2D eigenvalue weighted by Gasteiger charge is -2.55. The van der Waals surface area contributed by atoms with E-state index < -0.39 is 21.6 Å². The van der Waals surface area contributed by atoms with Gasteiger partial charge in [-0.2, -0.15) is 0 Å². The number of aromatic nitrogens is 2. The second kappa shape index (κ2) is 14.9. The van der Waals surface area contributed by atoms with Crippen LogP contribution in [0.3, 0.4) is 0 Å². The fraction of sp³-hybridized carbons (Fsp3) is 0.667. The van der Waals surface area contributed by atoms with Gasteiger partial charge in [-0.05, 0) is 85.4 Å². The van der Waals surface area contributed by atoms with Crippen LogP contribution in [-0.4, -0.2) is 134 Å². The van der Waals surface area contributed by atoms with Crippen LogP contribution in [0.5, 0.6) is 11.5 Å². The fourth-order valence-electron chi connectivity index (χ4n) is 6.80. The molecule has 1 spiro atoms. The Labute approximate surface area is 283 Å². The zero-order chi connectivity index (χ0) is 34.7. The minimum Gasteiger partial charge on any atom is -0.451 e. The Hall–Kier alpha value is -2.95. The van der Waals surface area contributed by atoms with Gasteiger partial charge in [0.1, 0.15) is 17.9 Å². The second-order valence-corrected chi connectivity index (χ2v) is 15.9. The lowest BCUT2D eigenvalue weighted by molar-refractivity contribution is -0.239. The van der Waals surface area contributed by atoms with E-state index in [1.54, 1.807) is 11.1 Å². The highest BCUT2D eigenvalue weighted by Crippen LogP contribution is 2.45. The SMILES string of the molecule is CCN(C(=O)c1cc(F)ccc1Oc1cncnc1N1CC2(CCN(C[C@@]3(O)CC[C@@H](NS(=O)(=O)CCN(C)C)CO3)CC2)C1)C(C)C. The number of nitrogens with zero attached hydrogens (tertiary/aromatic N) is 6. The predicted octanol–water partition coefficient (Wildman–Crippen LogP) is 2.53. The number of benzene rings is 1. The quantitative estimate of drug-likeness (QED) is 0.320. The number of hydrogen-bond donors (Lipinski definition) is 2. The molecule has 3 fully saturated rings. The van der Waals surface area contributed by atoms with Crippen LogP contribution in [-0.2, 0) is 14.8 Å². The lowest BCUT2D eigenvalue weighted by Crippen LogP contribution is -2.62. The van der Waals surface area contributed by atoms with Gasteiger partial charge in [0.05, 0.1) is 30.7 Å². The number of anilines is 1. The number of piperidine rings is 1. The maximum Gasteiger partial charge on any atom is 0.257 e. The van der Waals surface area contributed by atoms with Crippen LogP contribution in [0.4, 0.5) is 10.2 Å². The monoisotopic (exact) mass is 691 g/mol. The number of ether oxygens (including phenoxy) is 2. The number of hydrogen-bond acceptors (Lipinski definition) is 11. The van der Waals surface area contributed by atoms with E-state index in [-0.39, 0.29) is 47.1 Å². The van der Waals surface area contributed by atoms with E-state index in [4.69, 9.17) is 9.47 Å². The van der Waals surface area contributed by atoms with Crippen molar-refractivity contribution in [3.8, 4) is 11.5 Å². The Balaban J connectivity index is 1.14. The summed E-state index contributed by atoms with van der Waals surface area (Å²) in [6, 6.07) is 3.54. The van der Waals surface area contributed by atoms with Crippen LogP contribution in [0, 0.1) is 11.2 Å². The normalized spacial score (nSPS) is 23.0. The van der Waals surface area contributed by atoms with Crippen molar-refractivity contribution in [2.75, 3.05) is 77.2 Å². The number of halogens is 1. The molecule has 3 aliphatic heterocycles. The minimum atomic E-state index is -3.42. The van der Waals surface area contributed by atoms with E-state index in [0.717, 1.165) is 39.0 Å². The molecule has 1 aromatic heterocycles. The maximum absolute atomic E-state index is 14.3. The van der Waals surface area contributed by atoms with Crippen molar-refractivity contribution in [2.24, 2.45) is 5.41 Å². The Morgan fingerprint density at radius 3 is 2.56 bits per heavy atom. The fourth-order valence-corrected chi connectivity index (χ4v) is 8.22. The molecule has 1 amide bonds. The highest BCUT2D eigenvalue weighted by molar-refractivity contribution is 7.89. The lowest BCUT2D eigenvalue weighted by atomic mass is 9.72. The van der Waals surface area contributed by atoms with Crippen molar-refractivity contribution in [1.82, 2.24) is 29.4 Å². The summed E-state index contributed by atoms with van der Waals surface area (Å²) in [5.41, 5.74) is 0.244. The number of sulfonamides is 1. The van der Waals surface area contributed by atoms with Gasteiger partial charge in [0.15, 0.2) is 17.4 Å². The highest BCUT2D eigenvalue weighted by Gasteiger charge is 2.47. The molecule has 2 N–H and O–H groups in total. The van der Waals surface area contributed by atoms with Crippen molar-refractivity contribution in [3.63, 3.8) is 0 Å². The summed E-state index contributed by atoms with van der Waals surface area (Å²) in [4.78, 5) is 29.8. The van der Waals surface area contributed by atoms with Gasteiger partial charge in [-0.15, -0.1) is 0 Å². The summed E-state index contributed by atoms with van der Waals surface area (Å²) in [6.45, 7) is 10.3. The molecule has 5 rings (SSSR count). The average molecular weight is 692 g/mol. The van der Waals surface area contributed by atoms with Gasteiger partial charge in [0, 0.05) is 50.1 Å². The number of carbonyl (C=O) groups excluding carboxylic acids is 1. The third-order valence-corrected chi connectivity index (χ3v) is 11.0. The molecule has 1 aromatic carbocycles. The van der Waals surface area contributed by atoms with E-state index in [1.165, 1.54) is 24.5 Å². The van der Waals surface area contributed by atoms with Gasteiger partial charge in [-0.25, -0.2) is 27.5 Å². The van der Waals surface area contributed by atoms with Crippen LogP contribution in [0.2, 0.25) is 0 Å². The van der Waals surface area contributed by atoms with Crippen LogP contribution < -0.4 is 14.4 Å². The molecule has 3 saturated heterocycles. The van der Waals surface area contributed by atoms with Crippen LogP contribution in [0.25, 0.3) is 0 Å². The first-order valence-corrected chi connectivity index (χ1v) is 18.4. The maximum atomic E-state index is 14.3. The zero-order valence-corrected chi connectivity index (χ0v) is 29.5. The van der Waals surface area contributed by atoms with E-state index in [9.17, 15) is 22.7 Å². The highest BCUT2D eigenvalue weighted by atomic mass is 32.2. The summed E-state index contributed by atoms with van der Waals surface area (Å²) in [7, 11) is 0.243. The van der Waals surface area contributed by atoms with Gasteiger partial charge in [0.2, 0.25) is 10.0 Å². The van der Waals surface area contributed by atoms with E-state index >= 15 is 0 Å². The van der Waals surface area contributed by atoms with E-state index in [1.807, 2.05) is 39.8 Å². The molecule has 0 aliphatic carbocycles. The third kappa shape index (κ3) is 8.79. The number of nitrogens with one attached hydrogen (secondary N) is 1. The van der Waals surface area contributed by atoms with Gasteiger partial charge in [-0.1, -0.05) is 0 Å². The molecule has 48 heavy (non-hydrogen) atoms. The van der Waals surface area contributed by atoms with Crippen molar-refractivity contribution < 1.29 is 32.2 Å². The molecule has 266 valence electrons. The Morgan fingerprint density at radius 2 is 1.94 bits per heavy atom. The standard InChI is InChI=1S/C33H50FN7O6S/c1-6-41(24(2)3)31(42)27-17-25(34)7-8-28(27)47-29-18-35-23-36-30(29)40-20-32(21-40)11-13-39(14-12-32)22-33(43)10-9-26(19-46-33)37-48(44,45)16-15-38(4)5/h7-8,17-18,23-24,26,37,43H,6,9-16,19-22H2,1-5H3/t26-,33-/m1/s1. The average Bonchev–Trinajstić information content (AvgIpc) is 3.02. The zero-order valence-electron chi connectivity index (χ0n) is 28.7. The number of rotatable bonds is 13. The molecule has 0 radical (unpaired) electrons. The van der Waals surface area contributed by atoms with Gasteiger partial charge < -0.3 is 29.3 Å². The van der Waals surface area contributed by atoms with Crippen LogP contribution >= 0.6 is 0 Å². The number of likely N-dealkylation sites (tertiary alicyclic amines) is 1. The molecule has 2 atom stereocenters. The molecule has 2 aromatic rings. The summed E-state index contributed by atoms with van der Waals surface area (Å²) in [5, 5.41) is 11.2. The van der Waals surface area contributed by atoms with Crippen molar-refractivity contribution >= 4 is 21.7 Å². The molecule has 0 unspecified atom stereocenters. The van der Waals surface area contributed by atoms with E-state index in [2.05, 4.69) is 24.5 Å². The summed E-state index contributed by atoms with van der Waals surface area (Å²) in [5.74, 6) is -0.850. The Kier molecular flexibility index (Phi) is 11.3. The predicted molar refractivity (Wildman–Crippen MR) is 180 cm³/mol. The third-order valence-electron chi connectivity index (χ3n) is 9.61. The molecule has 4 heterocycles. The van der Waals surface area contributed by atoms with Crippen molar-refractivity contribution in [1.29, 1.82) is 0 Å². The van der Waals surface area contributed by atoms with Gasteiger partial charge in [-0.3, -0.25) is 9.69 Å². The number of β-amino-alcohol motifs (C(OH)–C–C–N with tert-alkyl or cyclic N) is 1. The van der Waals surface area contributed by atoms with E-state index in [0.29, 0.717) is 44.0 Å². The number of amides is 1. The van der Waals surface area contributed by atoms with Crippen LogP contribution in [0.15, 0.2) is 30.7 Å². The second-order valence-electron chi connectivity index (χ2n) is 14.0. The number of aliphatic hydroxyl groups is 1. The molecular formula is C33H50FN7O6S. The molecule has 13 nitrogen and oxygen atoms in total. The number of carbonyl (C=O) groups is 1.